The molecule has 1 aromatic rings. The van der Waals surface area contributed by atoms with Gasteiger partial charge in [0.25, 0.3) is 0 Å². The van der Waals surface area contributed by atoms with Gasteiger partial charge < -0.3 is 10.1 Å². The van der Waals surface area contributed by atoms with Gasteiger partial charge in [0.1, 0.15) is 5.60 Å². The predicted octanol–water partition coefficient (Wildman–Crippen LogP) is 4.01. The van der Waals surface area contributed by atoms with E-state index in [9.17, 15) is 13.2 Å². The number of carbonyl (C=O) groups is 1. The lowest BCUT2D eigenvalue weighted by atomic mass is 9.85. The first kappa shape index (κ1) is 23.7. The van der Waals surface area contributed by atoms with E-state index in [2.05, 4.69) is 10.0 Å². The molecule has 2 rings (SSSR count). The van der Waals surface area contributed by atoms with Crippen molar-refractivity contribution < 1.29 is 17.9 Å². The summed E-state index contributed by atoms with van der Waals surface area (Å²) in [5.41, 5.74) is 0.317. The lowest BCUT2D eigenvalue weighted by Gasteiger charge is -2.29. The topological polar surface area (TPSA) is 84.5 Å². The van der Waals surface area contributed by atoms with E-state index in [4.69, 9.17) is 4.74 Å². The molecule has 0 unspecified atom stereocenters. The lowest BCUT2D eigenvalue weighted by molar-refractivity contribution is 0.0509. The molecule has 29 heavy (non-hydrogen) atoms. The third-order valence-electron chi connectivity index (χ3n) is 5.19. The predicted molar refractivity (Wildman–Crippen MR) is 116 cm³/mol. The maximum Gasteiger partial charge on any atom is 0.407 e. The molecule has 1 aliphatic rings. The monoisotopic (exact) mass is 424 g/mol. The molecule has 0 heterocycles. The second kappa shape index (κ2) is 10.4. The Balaban J connectivity index is 2.04. The van der Waals surface area contributed by atoms with Crippen molar-refractivity contribution in [1.29, 1.82) is 0 Å². The second-order valence-corrected chi connectivity index (χ2v) is 10.9. The minimum absolute atomic E-state index is 0.0980. The molecule has 6 nitrogen and oxygen atoms in total. The molecule has 7 heteroatoms. The summed E-state index contributed by atoms with van der Waals surface area (Å²) in [6.07, 6.45) is 5.49. The van der Waals surface area contributed by atoms with Crippen LogP contribution in [-0.2, 0) is 21.2 Å². The van der Waals surface area contributed by atoms with Crippen LogP contribution < -0.4 is 10.0 Å². The van der Waals surface area contributed by atoms with Crippen molar-refractivity contribution in [2.24, 2.45) is 5.92 Å². The Kier molecular flexibility index (Phi) is 8.52. The van der Waals surface area contributed by atoms with Crippen LogP contribution in [0.25, 0.3) is 0 Å². The summed E-state index contributed by atoms with van der Waals surface area (Å²) in [5, 5.41) is 2.75. The summed E-state index contributed by atoms with van der Waals surface area (Å²) < 4.78 is 33.9. The molecular formula is C22H36N2O4S. The summed E-state index contributed by atoms with van der Waals surface area (Å²) in [7, 11) is -3.56. The van der Waals surface area contributed by atoms with E-state index in [1.54, 1.807) is 20.8 Å². The minimum Gasteiger partial charge on any atom is -0.444 e. The summed E-state index contributed by atoms with van der Waals surface area (Å²) >= 11 is 0. The highest BCUT2D eigenvalue weighted by atomic mass is 32.2. The van der Waals surface area contributed by atoms with Gasteiger partial charge in [0, 0.05) is 6.04 Å². The molecule has 1 fully saturated rings. The van der Waals surface area contributed by atoms with E-state index >= 15 is 0 Å². The Labute approximate surface area is 175 Å². The van der Waals surface area contributed by atoms with Crippen LogP contribution in [0.4, 0.5) is 4.79 Å². The SMILES string of the molecule is C[C@H](NS(=O)(=O)C[C@H](Cc1ccccc1)NC(=O)OC(C)(C)C)C1CCCCC1. The highest BCUT2D eigenvalue weighted by Crippen LogP contribution is 2.26. The molecule has 0 saturated heterocycles. The van der Waals surface area contributed by atoms with Crippen LogP contribution >= 0.6 is 0 Å². The molecule has 2 N–H and O–H groups in total. The zero-order chi connectivity index (χ0) is 21.5. The fourth-order valence-electron chi connectivity index (χ4n) is 3.85. The van der Waals surface area contributed by atoms with Gasteiger partial charge in [-0.05, 0) is 58.4 Å². The summed E-state index contributed by atoms with van der Waals surface area (Å²) in [6, 6.07) is 8.88. The van der Waals surface area contributed by atoms with E-state index in [1.165, 1.54) is 6.42 Å². The van der Waals surface area contributed by atoms with Crippen molar-refractivity contribution in [3.63, 3.8) is 0 Å². The Hall–Kier alpha value is -1.60. The fraction of sp³-hybridized carbons (Fsp3) is 0.682. The van der Waals surface area contributed by atoms with Gasteiger partial charge in [-0.25, -0.2) is 17.9 Å². The molecule has 1 aliphatic carbocycles. The van der Waals surface area contributed by atoms with E-state index in [0.29, 0.717) is 12.3 Å². The number of benzene rings is 1. The van der Waals surface area contributed by atoms with Crippen molar-refractivity contribution in [3.8, 4) is 0 Å². The van der Waals surface area contributed by atoms with E-state index in [-0.39, 0.29) is 11.8 Å². The fourth-order valence-corrected chi connectivity index (χ4v) is 5.44. The summed E-state index contributed by atoms with van der Waals surface area (Å²) in [4.78, 5) is 12.3. The number of hydrogen-bond donors (Lipinski definition) is 2. The van der Waals surface area contributed by atoms with Crippen LogP contribution in [0.15, 0.2) is 30.3 Å². The van der Waals surface area contributed by atoms with Gasteiger partial charge in [0.15, 0.2) is 0 Å². The standard InChI is InChI=1S/C22H36N2O4S/c1-17(19-13-9-6-10-14-19)24-29(26,27)16-20(15-18-11-7-5-8-12-18)23-21(25)28-22(2,3)4/h5,7-8,11-12,17,19-20,24H,6,9-10,13-16H2,1-4H3,(H,23,25)/t17-,20-/m0/s1. The highest BCUT2D eigenvalue weighted by Gasteiger charge is 2.28. The van der Waals surface area contributed by atoms with Crippen LogP contribution in [0.1, 0.15) is 65.4 Å². The zero-order valence-corrected chi connectivity index (χ0v) is 18.9. The quantitative estimate of drug-likeness (QED) is 0.660. The molecule has 1 aromatic carbocycles. The molecule has 164 valence electrons. The normalized spacial score (nSPS) is 18.1. The smallest absolute Gasteiger partial charge is 0.407 e. The van der Waals surface area contributed by atoms with Gasteiger partial charge in [-0.3, -0.25) is 0 Å². The first-order valence-electron chi connectivity index (χ1n) is 10.6. The number of ether oxygens (including phenoxy) is 1. The molecule has 1 amide bonds. The number of rotatable bonds is 8. The maximum absolute atomic E-state index is 12.8. The maximum atomic E-state index is 12.8. The lowest BCUT2D eigenvalue weighted by Crippen LogP contribution is -2.48. The van der Waals surface area contributed by atoms with Crippen molar-refractivity contribution in [2.45, 2.75) is 83.9 Å². The first-order valence-corrected chi connectivity index (χ1v) is 12.2. The molecule has 0 aliphatic heterocycles. The van der Waals surface area contributed by atoms with Crippen LogP contribution in [0.3, 0.4) is 0 Å². The Bertz CT molecular complexity index is 738. The average molecular weight is 425 g/mol. The molecule has 1 saturated carbocycles. The van der Waals surface area contributed by atoms with Gasteiger partial charge in [0.2, 0.25) is 10.0 Å². The molecular weight excluding hydrogens is 388 g/mol. The van der Waals surface area contributed by atoms with Crippen molar-refractivity contribution in [2.75, 3.05) is 5.75 Å². The molecule has 2 atom stereocenters. The second-order valence-electron chi connectivity index (χ2n) is 9.12. The minimum atomic E-state index is -3.56. The van der Waals surface area contributed by atoms with Gasteiger partial charge in [-0.15, -0.1) is 0 Å². The number of alkyl carbamates (subject to hydrolysis) is 1. The average Bonchev–Trinajstić information content (AvgIpc) is 2.60. The third kappa shape index (κ3) is 9.17. The van der Waals surface area contributed by atoms with E-state index < -0.39 is 27.8 Å². The van der Waals surface area contributed by atoms with Gasteiger partial charge in [-0.2, -0.15) is 0 Å². The summed E-state index contributed by atoms with van der Waals surface area (Å²) in [6.45, 7) is 7.29. The Morgan fingerprint density at radius 1 is 1.14 bits per heavy atom. The van der Waals surface area contributed by atoms with Gasteiger partial charge >= 0.3 is 6.09 Å². The van der Waals surface area contributed by atoms with Crippen LogP contribution in [-0.4, -0.2) is 37.9 Å². The molecule has 0 bridgehead atoms. The third-order valence-corrected chi connectivity index (χ3v) is 6.76. The highest BCUT2D eigenvalue weighted by molar-refractivity contribution is 7.89. The van der Waals surface area contributed by atoms with Crippen molar-refractivity contribution >= 4 is 16.1 Å². The van der Waals surface area contributed by atoms with Gasteiger partial charge in [0.05, 0.1) is 11.8 Å². The van der Waals surface area contributed by atoms with Crippen molar-refractivity contribution in [1.82, 2.24) is 10.0 Å². The molecule has 0 radical (unpaired) electrons. The van der Waals surface area contributed by atoms with Crippen LogP contribution in [0, 0.1) is 5.92 Å². The number of amides is 1. The number of nitrogens with one attached hydrogen (secondary N) is 2. The van der Waals surface area contributed by atoms with E-state index in [1.807, 2.05) is 37.3 Å². The zero-order valence-electron chi connectivity index (χ0n) is 18.1. The summed E-state index contributed by atoms with van der Waals surface area (Å²) in [5.74, 6) is 0.197. The van der Waals surface area contributed by atoms with Crippen molar-refractivity contribution in [3.05, 3.63) is 35.9 Å². The Morgan fingerprint density at radius 2 is 1.76 bits per heavy atom. The van der Waals surface area contributed by atoms with Gasteiger partial charge in [-0.1, -0.05) is 49.6 Å². The van der Waals surface area contributed by atoms with Crippen LogP contribution in [0.2, 0.25) is 0 Å². The van der Waals surface area contributed by atoms with E-state index in [0.717, 1.165) is 31.2 Å². The molecule has 0 aromatic heterocycles. The van der Waals surface area contributed by atoms with Crippen LogP contribution in [0.5, 0.6) is 0 Å². The molecule has 0 spiro atoms. The first-order chi connectivity index (χ1) is 13.5. The largest absolute Gasteiger partial charge is 0.444 e. The number of sulfonamides is 1. The number of carbonyl (C=O) groups excluding carboxylic acids is 1. The Morgan fingerprint density at radius 3 is 2.34 bits per heavy atom. The number of hydrogen-bond acceptors (Lipinski definition) is 4.